The lowest BCUT2D eigenvalue weighted by Gasteiger charge is -2.34. The van der Waals surface area contributed by atoms with Crippen molar-refractivity contribution in [1.82, 2.24) is 19.5 Å². The van der Waals surface area contributed by atoms with Crippen molar-refractivity contribution >= 4 is 11.4 Å². The van der Waals surface area contributed by atoms with E-state index in [-0.39, 0.29) is 5.91 Å². The molecule has 3 rings (SSSR count). The van der Waals surface area contributed by atoms with E-state index in [1.54, 1.807) is 0 Å². The van der Waals surface area contributed by atoms with E-state index in [2.05, 4.69) is 41.2 Å². The summed E-state index contributed by atoms with van der Waals surface area (Å²) in [5, 5.41) is 12.5. The van der Waals surface area contributed by atoms with E-state index in [1.807, 2.05) is 28.8 Å². The predicted octanol–water partition coefficient (Wildman–Crippen LogP) is 1.70. The van der Waals surface area contributed by atoms with E-state index in [0.29, 0.717) is 12.5 Å². The summed E-state index contributed by atoms with van der Waals surface area (Å²) in [6, 6.07) is 8.27. The Bertz CT molecular complexity index is 796. The van der Waals surface area contributed by atoms with Crippen LogP contribution < -0.4 is 5.32 Å². The average Bonchev–Trinajstić information content (AvgIpc) is 2.98. The number of pyridine rings is 1. The molecule has 0 aliphatic carbocycles. The molecule has 0 atom stereocenters. The van der Waals surface area contributed by atoms with E-state index in [9.17, 15) is 10.1 Å². The molecule has 2 aromatic heterocycles. The van der Waals surface area contributed by atoms with Crippen molar-refractivity contribution in [3.05, 3.63) is 41.7 Å². The maximum atomic E-state index is 12.0. The molecule has 3 heterocycles. The van der Waals surface area contributed by atoms with Crippen LogP contribution in [0.4, 0.5) is 0 Å². The molecule has 0 spiro atoms. The van der Waals surface area contributed by atoms with Gasteiger partial charge >= 0.3 is 0 Å². The highest BCUT2D eigenvalue weighted by Crippen LogP contribution is 2.20. The lowest BCUT2D eigenvalue weighted by Crippen LogP contribution is -2.49. The molecule has 1 amide bonds. The molecule has 6 nitrogen and oxygen atoms in total. The fourth-order valence-electron chi connectivity index (χ4n) is 3.35. The van der Waals surface area contributed by atoms with Gasteiger partial charge in [-0.25, -0.2) is 0 Å². The Morgan fingerprint density at radius 2 is 1.96 bits per heavy atom. The standard InChI is InChI=1S/C20H27N5O/c1-16(2)12-22-20(26)15-24-9-7-23(8-10-24)13-17-14-25-6-4-3-5-19(25)18(17)11-21/h3-6,14,16H,7-10,12-13,15H2,1-2H3,(H,22,26). The van der Waals surface area contributed by atoms with Crippen molar-refractivity contribution in [1.29, 1.82) is 5.26 Å². The highest BCUT2D eigenvalue weighted by Gasteiger charge is 2.21. The van der Waals surface area contributed by atoms with Crippen LogP contribution in [0.5, 0.6) is 0 Å². The fraction of sp³-hybridized carbons (Fsp3) is 0.500. The van der Waals surface area contributed by atoms with Gasteiger partial charge in [-0.2, -0.15) is 5.26 Å². The molecule has 0 unspecified atom stereocenters. The smallest absolute Gasteiger partial charge is 0.234 e. The summed E-state index contributed by atoms with van der Waals surface area (Å²) < 4.78 is 2.02. The Hall–Kier alpha value is -2.36. The molecule has 1 N–H and O–H groups in total. The van der Waals surface area contributed by atoms with Crippen LogP contribution in [0.2, 0.25) is 0 Å². The van der Waals surface area contributed by atoms with Crippen LogP contribution in [-0.4, -0.2) is 59.4 Å². The summed E-state index contributed by atoms with van der Waals surface area (Å²) in [6.07, 6.45) is 4.03. The first-order chi connectivity index (χ1) is 12.6. The van der Waals surface area contributed by atoms with Crippen molar-refractivity contribution in [3.63, 3.8) is 0 Å². The Morgan fingerprint density at radius 3 is 2.65 bits per heavy atom. The number of rotatable bonds is 6. The summed E-state index contributed by atoms with van der Waals surface area (Å²) in [7, 11) is 0. The van der Waals surface area contributed by atoms with E-state index < -0.39 is 0 Å². The molecule has 0 aromatic carbocycles. The van der Waals surface area contributed by atoms with Crippen molar-refractivity contribution in [2.75, 3.05) is 39.3 Å². The van der Waals surface area contributed by atoms with Gasteiger partial charge in [0.15, 0.2) is 0 Å². The second kappa shape index (κ2) is 8.35. The van der Waals surface area contributed by atoms with Gasteiger partial charge in [0, 0.05) is 57.2 Å². The maximum Gasteiger partial charge on any atom is 0.234 e. The van der Waals surface area contributed by atoms with E-state index in [4.69, 9.17) is 0 Å². The predicted molar refractivity (Wildman–Crippen MR) is 102 cm³/mol. The number of hydrogen-bond donors (Lipinski definition) is 1. The third-order valence-electron chi connectivity index (χ3n) is 4.81. The molecule has 1 saturated heterocycles. The Labute approximate surface area is 155 Å². The molecule has 2 aromatic rings. The number of aromatic nitrogens is 1. The Morgan fingerprint density at radius 1 is 1.23 bits per heavy atom. The molecule has 1 aliphatic rings. The normalized spacial score (nSPS) is 16.1. The molecule has 0 saturated carbocycles. The lowest BCUT2D eigenvalue weighted by molar-refractivity contribution is -0.122. The van der Waals surface area contributed by atoms with Crippen LogP contribution in [0.15, 0.2) is 30.6 Å². The lowest BCUT2D eigenvalue weighted by atomic mass is 10.1. The summed E-state index contributed by atoms with van der Waals surface area (Å²) in [5.74, 6) is 0.584. The number of nitriles is 1. The minimum atomic E-state index is 0.109. The first kappa shape index (κ1) is 18.4. The van der Waals surface area contributed by atoms with Gasteiger partial charge < -0.3 is 9.72 Å². The summed E-state index contributed by atoms with van der Waals surface area (Å²) in [6.45, 7) is 9.76. The number of amides is 1. The molecule has 1 aliphatic heterocycles. The molecule has 0 bridgehead atoms. The van der Waals surface area contributed by atoms with Crippen molar-refractivity contribution in [3.8, 4) is 6.07 Å². The fourth-order valence-corrected chi connectivity index (χ4v) is 3.35. The van der Waals surface area contributed by atoms with E-state index in [1.165, 1.54) is 0 Å². The highest BCUT2D eigenvalue weighted by atomic mass is 16.2. The second-order valence-corrected chi connectivity index (χ2v) is 7.38. The topological polar surface area (TPSA) is 63.8 Å². The third-order valence-corrected chi connectivity index (χ3v) is 4.81. The minimum Gasteiger partial charge on any atom is -0.355 e. The molecule has 6 heteroatoms. The summed E-state index contributed by atoms with van der Waals surface area (Å²) in [4.78, 5) is 16.5. The van der Waals surface area contributed by atoms with Gasteiger partial charge in [0.25, 0.3) is 0 Å². The van der Waals surface area contributed by atoms with Gasteiger partial charge in [-0.1, -0.05) is 19.9 Å². The van der Waals surface area contributed by atoms with Gasteiger partial charge in [-0.05, 0) is 18.1 Å². The summed E-state index contributed by atoms with van der Waals surface area (Å²) >= 11 is 0. The molecular weight excluding hydrogens is 326 g/mol. The first-order valence-corrected chi connectivity index (χ1v) is 9.27. The first-order valence-electron chi connectivity index (χ1n) is 9.27. The van der Waals surface area contributed by atoms with E-state index >= 15 is 0 Å². The van der Waals surface area contributed by atoms with Crippen LogP contribution in [0.25, 0.3) is 5.52 Å². The number of fused-ring (bicyclic) bond motifs is 1. The largest absolute Gasteiger partial charge is 0.355 e. The van der Waals surface area contributed by atoms with Crippen LogP contribution >= 0.6 is 0 Å². The van der Waals surface area contributed by atoms with Crippen LogP contribution in [0.3, 0.4) is 0 Å². The minimum absolute atomic E-state index is 0.109. The number of hydrogen-bond acceptors (Lipinski definition) is 4. The van der Waals surface area contributed by atoms with Gasteiger partial charge in [-0.15, -0.1) is 0 Å². The molecule has 1 fully saturated rings. The third kappa shape index (κ3) is 4.43. The van der Waals surface area contributed by atoms with Crippen molar-refractivity contribution < 1.29 is 4.79 Å². The quantitative estimate of drug-likeness (QED) is 0.859. The maximum absolute atomic E-state index is 12.0. The number of nitrogens with zero attached hydrogens (tertiary/aromatic N) is 4. The molecule has 0 radical (unpaired) electrons. The van der Waals surface area contributed by atoms with Gasteiger partial charge in [0.1, 0.15) is 6.07 Å². The van der Waals surface area contributed by atoms with Crippen molar-refractivity contribution in [2.24, 2.45) is 5.92 Å². The van der Waals surface area contributed by atoms with Crippen LogP contribution in [-0.2, 0) is 11.3 Å². The number of carbonyl (C=O) groups excluding carboxylic acids is 1. The molecule has 138 valence electrons. The van der Waals surface area contributed by atoms with Crippen molar-refractivity contribution in [2.45, 2.75) is 20.4 Å². The van der Waals surface area contributed by atoms with Gasteiger partial charge in [0.2, 0.25) is 5.91 Å². The van der Waals surface area contributed by atoms with Crippen LogP contribution in [0.1, 0.15) is 25.0 Å². The Balaban J connectivity index is 1.53. The molecular formula is C20H27N5O. The number of piperazine rings is 1. The monoisotopic (exact) mass is 353 g/mol. The second-order valence-electron chi connectivity index (χ2n) is 7.38. The van der Waals surface area contributed by atoms with Crippen LogP contribution in [0, 0.1) is 17.2 Å². The van der Waals surface area contributed by atoms with Gasteiger partial charge in [0.05, 0.1) is 17.6 Å². The zero-order valence-electron chi connectivity index (χ0n) is 15.6. The summed E-state index contributed by atoms with van der Waals surface area (Å²) in [5.41, 5.74) is 2.80. The Kier molecular flexibility index (Phi) is 5.92. The zero-order valence-corrected chi connectivity index (χ0v) is 15.6. The number of carbonyl (C=O) groups is 1. The van der Waals surface area contributed by atoms with Gasteiger partial charge in [-0.3, -0.25) is 14.6 Å². The average molecular weight is 353 g/mol. The highest BCUT2D eigenvalue weighted by molar-refractivity contribution is 5.78. The zero-order chi connectivity index (χ0) is 18.5. The molecule has 26 heavy (non-hydrogen) atoms. The van der Waals surface area contributed by atoms with E-state index in [0.717, 1.165) is 55.9 Å². The number of nitrogens with one attached hydrogen (secondary N) is 1. The SMILES string of the molecule is CC(C)CNC(=O)CN1CCN(Cc2cn3ccccc3c2C#N)CC1.